The molecule has 3 aromatic rings. The summed E-state index contributed by atoms with van der Waals surface area (Å²) in [5.74, 6) is -1.40. The van der Waals surface area contributed by atoms with Gasteiger partial charge in [0.2, 0.25) is 0 Å². The number of aryl methyl sites for hydroxylation is 1. The van der Waals surface area contributed by atoms with E-state index in [4.69, 9.17) is 39.5 Å². The van der Waals surface area contributed by atoms with Gasteiger partial charge in [0.25, 0.3) is 11.8 Å². The molecular formula is C24H15Cl3N2O4. The fourth-order valence-corrected chi connectivity index (χ4v) is 3.72. The Hall–Kier alpha value is -3.32. The summed E-state index contributed by atoms with van der Waals surface area (Å²) in [6, 6.07) is 17.4. The maximum Gasteiger partial charge on any atom is 0.343 e. The topological polar surface area (TPSA) is 75.7 Å². The lowest BCUT2D eigenvalue weighted by atomic mass is 10.2. The number of hydrogen-bond acceptors (Lipinski definition) is 5. The number of ether oxygens (including phenoxy) is 1. The summed E-state index contributed by atoms with van der Waals surface area (Å²) in [5, 5.41) is 3.64. The van der Waals surface area contributed by atoms with Gasteiger partial charge in [-0.05, 0) is 79.2 Å². The predicted molar refractivity (Wildman–Crippen MR) is 128 cm³/mol. The molecule has 0 aliphatic carbocycles. The third kappa shape index (κ3) is 4.73. The monoisotopic (exact) mass is 500 g/mol. The third-order valence-corrected chi connectivity index (χ3v) is 5.68. The molecule has 0 unspecified atom stereocenters. The molecule has 0 radical (unpaired) electrons. The second-order valence-corrected chi connectivity index (χ2v) is 8.36. The number of imide groups is 1. The number of rotatable bonds is 5. The van der Waals surface area contributed by atoms with E-state index in [9.17, 15) is 14.4 Å². The lowest BCUT2D eigenvalue weighted by Crippen LogP contribution is -2.32. The Balaban J connectivity index is 1.48. The number of carbonyl (C=O) groups is 3. The van der Waals surface area contributed by atoms with Gasteiger partial charge in [0.1, 0.15) is 16.5 Å². The van der Waals surface area contributed by atoms with Crippen molar-refractivity contribution in [3.8, 4) is 5.75 Å². The van der Waals surface area contributed by atoms with Crippen LogP contribution < -0.4 is 15.0 Å². The molecule has 166 valence electrons. The number of nitrogens with one attached hydrogen (secondary N) is 1. The van der Waals surface area contributed by atoms with Crippen LogP contribution in [0.5, 0.6) is 5.75 Å². The molecule has 0 spiro atoms. The zero-order chi connectivity index (χ0) is 23.7. The van der Waals surface area contributed by atoms with Crippen molar-refractivity contribution in [2.75, 3.05) is 10.2 Å². The standard InChI is InChI=1S/C24H15Cl3N2O4/c1-13-12-16(26)6-11-19(13)33-24(32)14-2-7-17(8-3-14)28-21-20(27)22(30)29(23(21)31)18-9-4-15(25)5-10-18/h2-12,28H,1H3. The van der Waals surface area contributed by atoms with Gasteiger partial charge in [0, 0.05) is 15.7 Å². The van der Waals surface area contributed by atoms with Crippen LogP contribution in [0.3, 0.4) is 0 Å². The average Bonchev–Trinajstić information content (AvgIpc) is 3.00. The van der Waals surface area contributed by atoms with Crippen molar-refractivity contribution in [1.29, 1.82) is 0 Å². The first-order valence-electron chi connectivity index (χ1n) is 9.64. The van der Waals surface area contributed by atoms with E-state index in [1.165, 1.54) is 12.1 Å². The lowest BCUT2D eigenvalue weighted by Gasteiger charge is -2.15. The van der Waals surface area contributed by atoms with E-state index in [0.29, 0.717) is 32.7 Å². The molecule has 0 atom stereocenters. The minimum absolute atomic E-state index is 0.0660. The van der Waals surface area contributed by atoms with Crippen LogP contribution >= 0.6 is 34.8 Å². The Kier molecular flexibility index (Phi) is 6.42. The summed E-state index contributed by atoms with van der Waals surface area (Å²) in [6.45, 7) is 1.78. The van der Waals surface area contributed by atoms with Crippen LogP contribution in [-0.2, 0) is 9.59 Å². The summed E-state index contributed by atoms with van der Waals surface area (Å²) >= 11 is 17.9. The second kappa shape index (κ2) is 9.27. The van der Waals surface area contributed by atoms with Crippen LogP contribution in [0, 0.1) is 6.92 Å². The molecule has 3 aromatic carbocycles. The molecule has 6 nitrogen and oxygen atoms in total. The molecule has 0 bridgehead atoms. The first-order chi connectivity index (χ1) is 15.7. The van der Waals surface area contributed by atoms with Crippen molar-refractivity contribution < 1.29 is 19.1 Å². The minimum Gasteiger partial charge on any atom is -0.423 e. The fraction of sp³-hybridized carbons (Fsp3) is 0.0417. The average molecular weight is 502 g/mol. The second-order valence-electron chi connectivity index (χ2n) is 7.11. The van der Waals surface area contributed by atoms with Gasteiger partial charge >= 0.3 is 5.97 Å². The first kappa shape index (κ1) is 22.9. The Morgan fingerprint density at radius 1 is 0.848 bits per heavy atom. The third-order valence-electron chi connectivity index (χ3n) is 4.84. The first-order valence-corrected chi connectivity index (χ1v) is 10.8. The summed E-state index contributed by atoms with van der Waals surface area (Å²) in [4.78, 5) is 38.8. The highest BCUT2D eigenvalue weighted by Crippen LogP contribution is 2.31. The van der Waals surface area contributed by atoms with Crippen LogP contribution in [0.25, 0.3) is 0 Å². The fourth-order valence-electron chi connectivity index (χ4n) is 3.16. The zero-order valence-corrected chi connectivity index (χ0v) is 19.3. The van der Waals surface area contributed by atoms with Crippen molar-refractivity contribution in [2.24, 2.45) is 0 Å². The van der Waals surface area contributed by atoms with E-state index in [1.807, 2.05) is 0 Å². The maximum absolute atomic E-state index is 12.8. The van der Waals surface area contributed by atoms with Crippen molar-refractivity contribution in [3.05, 3.63) is 98.6 Å². The van der Waals surface area contributed by atoms with Gasteiger partial charge in [-0.2, -0.15) is 0 Å². The quantitative estimate of drug-likeness (QED) is 0.265. The Morgan fingerprint density at radius 2 is 1.48 bits per heavy atom. The Bertz CT molecular complexity index is 1300. The summed E-state index contributed by atoms with van der Waals surface area (Å²) in [6.07, 6.45) is 0. The number of hydrogen-bond donors (Lipinski definition) is 1. The Labute approximate surface area is 204 Å². The Morgan fingerprint density at radius 3 is 2.12 bits per heavy atom. The van der Waals surface area contributed by atoms with Gasteiger partial charge in [0.15, 0.2) is 0 Å². The van der Waals surface area contributed by atoms with E-state index in [-0.39, 0.29) is 10.7 Å². The van der Waals surface area contributed by atoms with Crippen molar-refractivity contribution >= 4 is 64.0 Å². The number of benzene rings is 3. The number of amides is 2. The molecule has 4 rings (SSSR count). The molecule has 2 amide bonds. The normalized spacial score (nSPS) is 13.5. The maximum atomic E-state index is 12.8. The molecular weight excluding hydrogens is 487 g/mol. The van der Waals surface area contributed by atoms with Crippen LogP contribution in [0.15, 0.2) is 77.5 Å². The van der Waals surface area contributed by atoms with E-state index < -0.39 is 17.8 Å². The van der Waals surface area contributed by atoms with E-state index >= 15 is 0 Å². The van der Waals surface area contributed by atoms with E-state index in [0.717, 1.165) is 10.5 Å². The molecule has 1 aliphatic rings. The lowest BCUT2D eigenvalue weighted by molar-refractivity contribution is -0.120. The number of anilines is 2. The van der Waals surface area contributed by atoms with Crippen molar-refractivity contribution in [2.45, 2.75) is 6.92 Å². The van der Waals surface area contributed by atoms with E-state index in [1.54, 1.807) is 61.5 Å². The molecule has 33 heavy (non-hydrogen) atoms. The summed E-state index contributed by atoms with van der Waals surface area (Å²) < 4.78 is 5.42. The minimum atomic E-state index is -0.648. The van der Waals surface area contributed by atoms with Crippen LogP contribution in [-0.4, -0.2) is 17.8 Å². The highest BCUT2D eigenvalue weighted by molar-refractivity contribution is 6.53. The number of esters is 1. The highest BCUT2D eigenvalue weighted by Gasteiger charge is 2.38. The zero-order valence-electron chi connectivity index (χ0n) is 17.1. The van der Waals surface area contributed by atoms with Crippen molar-refractivity contribution in [1.82, 2.24) is 0 Å². The van der Waals surface area contributed by atoms with Gasteiger partial charge < -0.3 is 10.1 Å². The SMILES string of the molecule is Cc1cc(Cl)ccc1OC(=O)c1ccc(NC2=C(Cl)C(=O)N(c3ccc(Cl)cc3)C2=O)cc1. The molecule has 0 fully saturated rings. The number of halogens is 3. The molecule has 0 saturated heterocycles. The van der Waals surface area contributed by atoms with Gasteiger partial charge in [-0.15, -0.1) is 0 Å². The van der Waals surface area contributed by atoms with Crippen LogP contribution in [0.1, 0.15) is 15.9 Å². The van der Waals surface area contributed by atoms with Crippen LogP contribution in [0.4, 0.5) is 11.4 Å². The van der Waals surface area contributed by atoms with Gasteiger partial charge in [0.05, 0.1) is 11.3 Å². The number of nitrogens with zero attached hydrogens (tertiary/aromatic N) is 1. The van der Waals surface area contributed by atoms with Crippen LogP contribution in [0.2, 0.25) is 10.0 Å². The highest BCUT2D eigenvalue weighted by atomic mass is 35.5. The largest absolute Gasteiger partial charge is 0.423 e. The smallest absolute Gasteiger partial charge is 0.343 e. The van der Waals surface area contributed by atoms with Gasteiger partial charge in [-0.25, -0.2) is 9.69 Å². The van der Waals surface area contributed by atoms with Gasteiger partial charge in [-0.1, -0.05) is 34.8 Å². The number of carbonyl (C=O) groups excluding carboxylic acids is 3. The predicted octanol–water partition coefficient (Wildman–Crippen LogP) is 5.96. The molecule has 0 saturated carbocycles. The van der Waals surface area contributed by atoms with Gasteiger partial charge in [-0.3, -0.25) is 9.59 Å². The molecule has 1 aliphatic heterocycles. The molecule has 1 heterocycles. The summed E-state index contributed by atoms with van der Waals surface area (Å²) in [5.41, 5.74) is 1.77. The summed E-state index contributed by atoms with van der Waals surface area (Å²) in [7, 11) is 0. The van der Waals surface area contributed by atoms with Crippen molar-refractivity contribution in [3.63, 3.8) is 0 Å². The molecule has 1 N–H and O–H groups in total. The van der Waals surface area contributed by atoms with E-state index in [2.05, 4.69) is 5.32 Å². The molecule has 9 heteroatoms. The molecule has 0 aromatic heterocycles.